The molecule has 174 valence electrons. The van der Waals surface area contributed by atoms with Crippen molar-refractivity contribution < 1.29 is 23.8 Å². The van der Waals surface area contributed by atoms with Crippen LogP contribution < -0.4 is 5.32 Å². The van der Waals surface area contributed by atoms with Gasteiger partial charge in [0.1, 0.15) is 17.7 Å². The molecule has 6 heteroatoms. The number of amides is 1. The van der Waals surface area contributed by atoms with E-state index in [4.69, 9.17) is 14.2 Å². The summed E-state index contributed by atoms with van der Waals surface area (Å²) in [5, 5.41) is 2.66. The molecule has 0 saturated carbocycles. The normalized spacial score (nSPS) is 25.2. The predicted octanol–water partition coefficient (Wildman–Crippen LogP) is 4.90. The molecule has 1 aliphatic heterocycles. The SMILES string of the molecule is CC(C)CC[C@H]1[C@H](C)OC(=O)[C@@H](NC(=O)OC(C)(C)C)CCO[C@@H]1Cc1ccccc1. The number of carbonyl (C=O) groups is 2. The third-order valence-electron chi connectivity index (χ3n) is 5.45. The lowest BCUT2D eigenvalue weighted by Gasteiger charge is -2.31. The van der Waals surface area contributed by atoms with Crippen molar-refractivity contribution in [3.8, 4) is 0 Å². The van der Waals surface area contributed by atoms with Crippen molar-refractivity contribution in [1.82, 2.24) is 5.32 Å². The molecule has 1 aromatic rings. The van der Waals surface area contributed by atoms with Crippen molar-refractivity contribution in [2.75, 3.05) is 6.61 Å². The van der Waals surface area contributed by atoms with Gasteiger partial charge < -0.3 is 19.5 Å². The minimum Gasteiger partial charge on any atom is -0.461 e. The van der Waals surface area contributed by atoms with Crippen LogP contribution in [-0.2, 0) is 25.4 Å². The van der Waals surface area contributed by atoms with E-state index < -0.39 is 23.7 Å². The lowest BCUT2D eigenvalue weighted by molar-refractivity contribution is -0.154. The summed E-state index contributed by atoms with van der Waals surface area (Å²) < 4.78 is 17.5. The summed E-state index contributed by atoms with van der Waals surface area (Å²) in [5.74, 6) is 0.193. The predicted molar refractivity (Wildman–Crippen MR) is 121 cm³/mol. The molecule has 1 aromatic carbocycles. The molecule has 0 aliphatic carbocycles. The Bertz CT molecular complexity index is 698. The van der Waals surface area contributed by atoms with Crippen LogP contribution in [0.4, 0.5) is 4.79 Å². The molecule has 1 amide bonds. The second-order valence-electron chi connectivity index (χ2n) is 9.86. The molecule has 0 unspecified atom stereocenters. The molecule has 0 radical (unpaired) electrons. The van der Waals surface area contributed by atoms with Gasteiger partial charge in [-0.15, -0.1) is 0 Å². The lowest BCUT2D eigenvalue weighted by Crippen LogP contribution is -2.45. The Morgan fingerprint density at radius 2 is 1.90 bits per heavy atom. The van der Waals surface area contributed by atoms with Gasteiger partial charge in [0.2, 0.25) is 0 Å². The maximum atomic E-state index is 12.8. The van der Waals surface area contributed by atoms with E-state index in [0.29, 0.717) is 18.9 Å². The van der Waals surface area contributed by atoms with Crippen LogP contribution in [0.25, 0.3) is 0 Å². The molecule has 1 saturated heterocycles. The second-order valence-corrected chi connectivity index (χ2v) is 9.86. The first kappa shape index (κ1) is 25.2. The van der Waals surface area contributed by atoms with Crippen molar-refractivity contribution in [3.05, 3.63) is 35.9 Å². The number of rotatable bonds is 6. The highest BCUT2D eigenvalue weighted by atomic mass is 16.6. The van der Waals surface area contributed by atoms with Crippen LogP contribution in [0.2, 0.25) is 0 Å². The molecule has 1 aliphatic rings. The molecular formula is C25H39NO5. The number of cyclic esters (lactones) is 1. The van der Waals surface area contributed by atoms with E-state index in [2.05, 4.69) is 31.3 Å². The van der Waals surface area contributed by atoms with Crippen molar-refractivity contribution in [2.24, 2.45) is 11.8 Å². The van der Waals surface area contributed by atoms with Crippen molar-refractivity contribution in [2.45, 2.75) is 91.1 Å². The number of hydrogen-bond acceptors (Lipinski definition) is 5. The molecule has 2 rings (SSSR count). The summed E-state index contributed by atoms with van der Waals surface area (Å²) in [6, 6.07) is 9.45. The number of alkyl carbamates (subject to hydrolysis) is 1. The van der Waals surface area contributed by atoms with Gasteiger partial charge in [0.05, 0.1) is 6.10 Å². The Hall–Kier alpha value is -2.08. The fourth-order valence-corrected chi connectivity index (χ4v) is 3.82. The second kappa shape index (κ2) is 11.5. The first-order chi connectivity index (χ1) is 14.5. The Morgan fingerprint density at radius 1 is 1.23 bits per heavy atom. The highest BCUT2D eigenvalue weighted by molar-refractivity contribution is 5.81. The van der Waals surface area contributed by atoms with Gasteiger partial charge in [-0.05, 0) is 52.0 Å². The van der Waals surface area contributed by atoms with Gasteiger partial charge >= 0.3 is 12.1 Å². The first-order valence-corrected chi connectivity index (χ1v) is 11.4. The van der Waals surface area contributed by atoms with Crippen LogP contribution in [-0.4, -0.2) is 42.5 Å². The number of carbonyl (C=O) groups excluding carboxylic acids is 2. The first-order valence-electron chi connectivity index (χ1n) is 11.4. The van der Waals surface area contributed by atoms with E-state index in [9.17, 15) is 9.59 Å². The monoisotopic (exact) mass is 433 g/mol. The largest absolute Gasteiger partial charge is 0.461 e. The molecule has 31 heavy (non-hydrogen) atoms. The topological polar surface area (TPSA) is 73.9 Å². The van der Waals surface area contributed by atoms with Crippen LogP contribution in [0.15, 0.2) is 30.3 Å². The maximum absolute atomic E-state index is 12.8. The van der Waals surface area contributed by atoms with E-state index in [1.165, 1.54) is 5.56 Å². The van der Waals surface area contributed by atoms with Crippen LogP contribution in [0.5, 0.6) is 0 Å². The number of esters is 1. The van der Waals surface area contributed by atoms with E-state index in [0.717, 1.165) is 19.3 Å². The van der Waals surface area contributed by atoms with Gasteiger partial charge in [-0.2, -0.15) is 0 Å². The van der Waals surface area contributed by atoms with Crippen LogP contribution >= 0.6 is 0 Å². The quantitative estimate of drug-likeness (QED) is 0.646. The van der Waals surface area contributed by atoms with Gasteiger partial charge in [-0.25, -0.2) is 9.59 Å². The zero-order valence-corrected chi connectivity index (χ0v) is 19.9. The molecular weight excluding hydrogens is 394 g/mol. The Kier molecular flexibility index (Phi) is 9.35. The van der Waals surface area contributed by atoms with Gasteiger partial charge in [-0.1, -0.05) is 50.6 Å². The molecule has 0 bridgehead atoms. The van der Waals surface area contributed by atoms with Gasteiger partial charge in [0.25, 0.3) is 0 Å². The molecule has 6 nitrogen and oxygen atoms in total. The van der Waals surface area contributed by atoms with Crippen molar-refractivity contribution in [1.29, 1.82) is 0 Å². The number of ether oxygens (including phenoxy) is 3. The third kappa shape index (κ3) is 8.90. The summed E-state index contributed by atoms with van der Waals surface area (Å²) >= 11 is 0. The standard InChI is InChI=1S/C25H39NO5/c1-17(2)12-13-20-18(3)30-23(27)21(26-24(28)31-25(4,5)6)14-15-29-22(20)16-19-10-8-7-9-11-19/h7-11,17-18,20-22H,12-16H2,1-6H3,(H,26,28)/t18-,20-,21-,22+/m0/s1. The minimum absolute atomic E-state index is 0.0655. The smallest absolute Gasteiger partial charge is 0.408 e. The molecule has 1 heterocycles. The van der Waals surface area contributed by atoms with E-state index in [1.807, 2.05) is 25.1 Å². The van der Waals surface area contributed by atoms with Crippen molar-refractivity contribution >= 4 is 12.1 Å². The molecule has 1 N–H and O–H groups in total. The van der Waals surface area contributed by atoms with Crippen LogP contribution in [0.1, 0.15) is 66.4 Å². The number of hydrogen-bond donors (Lipinski definition) is 1. The number of benzene rings is 1. The Labute approximate surface area is 187 Å². The molecule has 0 aromatic heterocycles. The average Bonchev–Trinajstić information content (AvgIpc) is 2.70. The summed E-state index contributed by atoms with van der Waals surface area (Å²) in [7, 11) is 0. The van der Waals surface area contributed by atoms with Gasteiger partial charge in [0, 0.05) is 18.9 Å². The average molecular weight is 434 g/mol. The zero-order valence-electron chi connectivity index (χ0n) is 19.9. The Morgan fingerprint density at radius 3 is 2.52 bits per heavy atom. The zero-order chi connectivity index (χ0) is 23.0. The molecule has 0 spiro atoms. The fourth-order valence-electron chi connectivity index (χ4n) is 3.82. The Balaban J connectivity index is 2.15. The summed E-state index contributed by atoms with van der Waals surface area (Å²) in [4.78, 5) is 25.0. The maximum Gasteiger partial charge on any atom is 0.408 e. The summed E-state index contributed by atoms with van der Waals surface area (Å²) in [6.45, 7) is 12.0. The summed E-state index contributed by atoms with van der Waals surface area (Å²) in [6.07, 6.45) is 2.03. The van der Waals surface area contributed by atoms with E-state index in [-0.39, 0.29) is 18.1 Å². The van der Waals surface area contributed by atoms with Gasteiger partial charge in [-0.3, -0.25) is 0 Å². The lowest BCUT2D eigenvalue weighted by atomic mass is 9.86. The van der Waals surface area contributed by atoms with E-state index in [1.54, 1.807) is 20.8 Å². The fraction of sp³-hybridized carbons (Fsp3) is 0.680. The summed E-state index contributed by atoms with van der Waals surface area (Å²) in [5.41, 5.74) is 0.558. The van der Waals surface area contributed by atoms with Crippen LogP contribution in [0.3, 0.4) is 0 Å². The highest BCUT2D eigenvalue weighted by Crippen LogP contribution is 2.28. The molecule has 1 fully saturated rings. The van der Waals surface area contributed by atoms with Crippen LogP contribution in [0, 0.1) is 11.8 Å². The van der Waals surface area contributed by atoms with E-state index >= 15 is 0 Å². The minimum atomic E-state index is -0.793. The third-order valence-corrected chi connectivity index (χ3v) is 5.45. The van der Waals surface area contributed by atoms with Crippen molar-refractivity contribution in [3.63, 3.8) is 0 Å². The highest BCUT2D eigenvalue weighted by Gasteiger charge is 2.35. The molecule has 4 atom stereocenters. The van der Waals surface area contributed by atoms with Gasteiger partial charge in [0.15, 0.2) is 0 Å². The number of nitrogens with one attached hydrogen (secondary N) is 1.